The maximum Gasteiger partial charge on any atom is 0.290 e. The van der Waals surface area contributed by atoms with E-state index < -0.39 is 0 Å². The predicted octanol–water partition coefficient (Wildman–Crippen LogP) is 2.24. The van der Waals surface area contributed by atoms with Crippen molar-refractivity contribution >= 4 is 12.4 Å². The molecule has 2 aliphatic rings. The summed E-state index contributed by atoms with van der Waals surface area (Å²) in [5, 5.41) is 10.1. The molecule has 0 aliphatic carbocycles. The number of nitrogens with one attached hydrogen (secondary N) is 1. The molecule has 2 saturated heterocycles. The second kappa shape index (κ2) is 11.7. The molecule has 3 heterocycles. The largest absolute Gasteiger partial charge is 0.483 e. The highest BCUT2D eigenvalue weighted by atomic mass is 16.5. The first-order chi connectivity index (χ1) is 13.2. The molecule has 3 rings (SSSR count). The monoisotopic (exact) mass is 377 g/mol. The van der Waals surface area contributed by atoms with Gasteiger partial charge < -0.3 is 20.1 Å². The molecule has 7 nitrogen and oxygen atoms in total. The number of carbonyl (C=O) groups excluding carboxylic acids is 1. The molecule has 27 heavy (non-hydrogen) atoms. The van der Waals surface area contributed by atoms with Crippen molar-refractivity contribution in [1.82, 2.24) is 15.2 Å². The van der Waals surface area contributed by atoms with Gasteiger partial charge in [-0.15, -0.1) is 0 Å². The number of aromatic nitrogens is 1. The zero-order chi connectivity index (χ0) is 19.5. The Morgan fingerprint density at radius 2 is 1.89 bits per heavy atom. The number of pyridine rings is 1. The molecule has 0 radical (unpaired) electrons. The smallest absolute Gasteiger partial charge is 0.290 e. The van der Waals surface area contributed by atoms with Gasteiger partial charge in [0.05, 0.1) is 6.04 Å². The average molecular weight is 377 g/mol. The fraction of sp³-hybridized carbons (Fsp3) is 0.650. The summed E-state index contributed by atoms with van der Waals surface area (Å²) in [7, 11) is 0. The summed E-state index contributed by atoms with van der Waals surface area (Å²) in [6, 6.07) is 4.72. The van der Waals surface area contributed by atoms with E-state index >= 15 is 0 Å². The fourth-order valence-corrected chi connectivity index (χ4v) is 3.88. The van der Waals surface area contributed by atoms with Crippen molar-refractivity contribution in [1.29, 1.82) is 0 Å². The first kappa shape index (κ1) is 21.3. The van der Waals surface area contributed by atoms with Crippen LogP contribution in [0.3, 0.4) is 0 Å². The molecule has 1 atom stereocenters. The van der Waals surface area contributed by atoms with Crippen LogP contribution in [0.25, 0.3) is 0 Å². The number of hydrogen-bond acceptors (Lipinski definition) is 5. The molecule has 1 unspecified atom stereocenters. The van der Waals surface area contributed by atoms with Gasteiger partial charge in [-0.1, -0.05) is 6.92 Å². The third-order valence-corrected chi connectivity index (χ3v) is 5.44. The summed E-state index contributed by atoms with van der Waals surface area (Å²) in [5.74, 6) is 0.363. The molecule has 1 aromatic rings. The number of rotatable bonds is 5. The van der Waals surface area contributed by atoms with Crippen molar-refractivity contribution in [3.8, 4) is 0 Å². The van der Waals surface area contributed by atoms with Crippen LogP contribution in [0, 0.1) is 5.92 Å². The minimum absolute atomic E-state index is 0.0917. The number of piperidine rings is 1. The molecular formula is C20H31N3O4. The van der Waals surface area contributed by atoms with Crippen LogP contribution in [0.1, 0.15) is 50.6 Å². The second-order valence-corrected chi connectivity index (χ2v) is 7.01. The molecule has 0 aromatic carbocycles. The van der Waals surface area contributed by atoms with Crippen molar-refractivity contribution in [2.24, 2.45) is 5.92 Å². The molecule has 0 spiro atoms. The number of amides is 1. The lowest BCUT2D eigenvalue weighted by Gasteiger charge is -2.39. The van der Waals surface area contributed by atoms with Crippen LogP contribution in [0.5, 0.6) is 0 Å². The highest BCUT2D eigenvalue weighted by Gasteiger charge is 2.30. The molecule has 2 fully saturated rings. The lowest BCUT2D eigenvalue weighted by atomic mass is 9.92. The molecule has 1 aromatic heterocycles. The van der Waals surface area contributed by atoms with Crippen LogP contribution in [-0.4, -0.2) is 59.7 Å². The lowest BCUT2D eigenvalue weighted by molar-refractivity contribution is -0.127. The normalized spacial score (nSPS) is 20.2. The van der Waals surface area contributed by atoms with Crippen LogP contribution in [0.4, 0.5) is 0 Å². The van der Waals surface area contributed by atoms with Crippen LogP contribution < -0.4 is 5.32 Å². The number of ether oxygens (including phenoxy) is 1. The second-order valence-electron chi connectivity index (χ2n) is 7.01. The zero-order valence-electron chi connectivity index (χ0n) is 16.0. The molecule has 0 bridgehead atoms. The Morgan fingerprint density at radius 3 is 2.44 bits per heavy atom. The molecule has 0 saturated carbocycles. The first-order valence-electron chi connectivity index (χ1n) is 9.79. The Kier molecular flexibility index (Phi) is 9.21. The zero-order valence-corrected chi connectivity index (χ0v) is 16.0. The van der Waals surface area contributed by atoms with E-state index in [2.05, 4.69) is 22.1 Å². The third-order valence-electron chi connectivity index (χ3n) is 5.44. The third kappa shape index (κ3) is 6.59. The highest BCUT2D eigenvalue weighted by molar-refractivity contribution is 5.79. The van der Waals surface area contributed by atoms with Crippen LogP contribution in [0.15, 0.2) is 24.5 Å². The van der Waals surface area contributed by atoms with E-state index in [9.17, 15) is 4.79 Å². The molecule has 7 heteroatoms. The van der Waals surface area contributed by atoms with Crippen molar-refractivity contribution in [3.63, 3.8) is 0 Å². The molecule has 1 amide bonds. The van der Waals surface area contributed by atoms with E-state index in [1.54, 1.807) is 12.4 Å². The Balaban J connectivity index is 0.000000817. The van der Waals surface area contributed by atoms with Crippen molar-refractivity contribution < 1.29 is 19.4 Å². The van der Waals surface area contributed by atoms with Gasteiger partial charge in [-0.05, 0) is 62.9 Å². The summed E-state index contributed by atoms with van der Waals surface area (Å²) >= 11 is 0. The molecule has 150 valence electrons. The summed E-state index contributed by atoms with van der Waals surface area (Å²) in [4.78, 5) is 27.6. The van der Waals surface area contributed by atoms with E-state index in [0.29, 0.717) is 6.04 Å². The van der Waals surface area contributed by atoms with Gasteiger partial charge in [-0.2, -0.15) is 0 Å². The number of likely N-dealkylation sites (tertiary alicyclic amines) is 1. The van der Waals surface area contributed by atoms with Gasteiger partial charge in [0.15, 0.2) is 0 Å². The van der Waals surface area contributed by atoms with Gasteiger partial charge >= 0.3 is 0 Å². The number of carboxylic acid groups (broad SMARTS) is 1. The Bertz CT molecular complexity index is 556. The number of nitrogens with zero attached hydrogens (tertiary/aromatic N) is 2. The van der Waals surface area contributed by atoms with Gasteiger partial charge in [-0.3, -0.25) is 14.6 Å². The van der Waals surface area contributed by atoms with Gasteiger partial charge in [0.1, 0.15) is 0 Å². The molecule has 2 N–H and O–H groups in total. The maximum atomic E-state index is 12.7. The molecular weight excluding hydrogens is 346 g/mol. The van der Waals surface area contributed by atoms with Gasteiger partial charge in [0.2, 0.25) is 5.91 Å². The van der Waals surface area contributed by atoms with Crippen molar-refractivity contribution in [2.75, 3.05) is 26.3 Å². The topological polar surface area (TPSA) is 91.8 Å². The van der Waals surface area contributed by atoms with E-state index in [1.807, 2.05) is 12.1 Å². The van der Waals surface area contributed by atoms with Gasteiger partial charge in [0.25, 0.3) is 6.47 Å². The Labute approximate surface area is 161 Å². The van der Waals surface area contributed by atoms with Crippen LogP contribution in [-0.2, 0) is 14.3 Å². The predicted molar refractivity (Wildman–Crippen MR) is 102 cm³/mol. The SMILES string of the molecule is CCC(NC(=O)C1CCN(C2CCOCC2)CC1)c1ccncc1.O=CO. The van der Waals surface area contributed by atoms with E-state index in [1.165, 1.54) is 0 Å². The summed E-state index contributed by atoms with van der Waals surface area (Å²) in [6.45, 7) is 5.70. The van der Waals surface area contributed by atoms with Crippen molar-refractivity contribution in [3.05, 3.63) is 30.1 Å². The fourth-order valence-electron chi connectivity index (χ4n) is 3.88. The average Bonchev–Trinajstić information content (AvgIpc) is 2.74. The Morgan fingerprint density at radius 1 is 1.30 bits per heavy atom. The molecule has 2 aliphatic heterocycles. The lowest BCUT2D eigenvalue weighted by Crippen LogP contribution is -2.47. The van der Waals surface area contributed by atoms with Crippen molar-refractivity contribution in [2.45, 2.75) is 51.1 Å². The highest BCUT2D eigenvalue weighted by Crippen LogP contribution is 2.24. The van der Waals surface area contributed by atoms with E-state index in [0.717, 1.165) is 64.0 Å². The van der Waals surface area contributed by atoms with E-state index in [-0.39, 0.29) is 24.3 Å². The quantitative estimate of drug-likeness (QED) is 0.765. The summed E-state index contributed by atoms with van der Waals surface area (Å²) in [5.41, 5.74) is 1.14. The minimum atomic E-state index is -0.250. The summed E-state index contributed by atoms with van der Waals surface area (Å²) < 4.78 is 5.45. The first-order valence-corrected chi connectivity index (χ1v) is 9.79. The maximum absolute atomic E-state index is 12.7. The van der Waals surface area contributed by atoms with Crippen LogP contribution >= 0.6 is 0 Å². The minimum Gasteiger partial charge on any atom is -0.483 e. The van der Waals surface area contributed by atoms with Gasteiger partial charge in [-0.25, -0.2) is 0 Å². The van der Waals surface area contributed by atoms with E-state index in [4.69, 9.17) is 14.6 Å². The van der Waals surface area contributed by atoms with Crippen LogP contribution in [0.2, 0.25) is 0 Å². The number of carbonyl (C=O) groups is 2. The standard InChI is InChI=1S/C19H29N3O2.CH2O2/c1-2-18(15-3-9-20-10-4-15)21-19(23)16-5-11-22(12-6-16)17-7-13-24-14-8-17;2-1-3/h3-4,9-10,16-18H,2,5-8,11-14H2,1H3,(H,21,23);1H,(H,2,3). The van der Waals surface area contributed by atoms with Gasteiger partial charge in [0, 0.05) is 37.6 Å². The Hall–Kier alpha value is -1.99. The number of hydrogen-bond donors (Lipinski definition) is 2. The summed E-state index contributed by atoms with van der Waals surface area (Å²) in [6.07, 6.45) is 8.68.